The first-order chi connectivity index (χ1) is 16.1. The van der Waals surface area contributed by atoms with E-state index in [9.17, 15) is 8.96 Å². The summed E-state index contributed by atoms with van der Waals surface area (Å²) >= 11 is 0. The van der Waals surface area contributed by atoms with Crippen molar-refractivity contribution < 1.29 is 13.3 Å². The second-order valence-electron chi connectivity index (χ2n) is 8.77. The first-order valence-electron chi connectivity index (χ1n) is 11.1. The lowest BCUT2D eigenvalue weighted by atomic mass is 10.0. The van der Waals surface area contributed by atoms with Gasteiger partial charge in [0.05, 0.1) is 22.7 Å². The summed E-state index contributed by atoms with van der Waals surface area (Å²) < 4.78 is 41.9. The molecule has 0 radical (unpaired) electrons. The van der Waals surface area contributed by atoms with Gasteiger partial charge in [-0.15, -0.1) is 0 Å². The number of pyridine rings is 3. The van der Waals surface area contributed by atoms with Crippen LogP contribution in [0.25, 0.3) is 22.3 Å². The summed E-state index contributed by atoms with van der Waals surface area (Å²) in [4.78, 5) is 13.4. The molecule has 8 heteroatoms. The molecule has 0 saturated carbocycles. The van der Waals surface area contributed by atoms with E-state index >= 15 is 4.39 Å². The molecule has 1 N–H and O–H groups in total. The van der Waals surface area contributed by atoms with Crippen molar-refractivity contribution in [1.29, 1.82) is 0 Å². The molecule has 0 saturated heterocycles. The molecule has 0 amide bonds. The van der Waals surface area contributed by atoms with E-state index in [0.29, 0.717) is 39.7 Å². The van der Waals surface area contributed by atoms with Crippen LogP contribution < -0.4 is 10.8 Å². The van der Waals surface area contributed by atoms with Crippen LogP contribution in [0.5, 0.6) is 0 Å². The van der Waals surface area contributed by atoms with Crippen molar-refractivity contribution in [3.63, 3.8) is 0 Å². The minimum Gasteiger partial charge on any atom is -0.376 e. The number of nitrogens with one attached hydrogen (secondary N) is 1. The maximum absolute atomic E-state index is 15.1. The SMILES string of the molecule is CC[C@@H](Nc1c(C)c(C)nc2cc(F)c(-c3ccc(P(C)(C)=O)nc3)nc12)c1ccccc1F. The highest BCUT2D eigenvalue weighted by Crippen LogP contribution is 2.36. The van der Waals surface area contributed by atoms with Crippen LogP contribution in [-0.4, -0.2) is 28.3 Å². The molecule has 0 fully saturated rings. The number of fused-ring (bicyclic) bond motifs is 1. The van der Waals surface area contributed by atoms with Crippen LogP contribution in [-0.2, 0) is 4.57 Å². The number of rotatable bonds is 6. The molecule has 4 rings (SSSR count). The Morgan fingerprint density at radius 1 is 1.03 bits per heavy atom. The molecule has 3 heterocycles. The molecule has 34 heavy (non-hydrogen) atoms. The average molecular weight is 480 g/mol. The number of anilines is 1. The van der Waals surface area contributed by atoms with Crippen LogP contribution in [0.3, 0.4) is 0 Å². The fourth-order valence-electron chi connectivity index (χ4n) is 3.93. The van der Waals surface area contributed by atoms with Crippen molar-refractivity contribution in [2.24, 2.45) is 0 Å². The Balaban J connectivity index is 1.86. The van der Waals surface area contributed by atoms with E-state index in [1.165, 1.54) is 18.3 Å². The van der Waals surface area contributed by atoms with E-state index in [1.807, 2.05) is 20.8 Å². The molecule has 5 nitrogen and oxygen atoms in total. The minimum atomic E-state index is -2.53. The molecule has 1 aromatic carbocycles. The van der Waals surface area contributed by atoms with Crippen LogP contribution in [0.15, 0.2) is 48.7 Å². The van der Waals surface area contributed by atoms with Crippen LogP contribution in [0.1, 0.15) is 36.2 Å². The summed E-state index contributed by atoms with van der Waals surface area (Å²) in [7, 11) is -2.53. The molecule has 0 aliphatic carbocycles. The molecule has 0 bridgehead atoms. The molecular weight excluding hydrogens is 453 g/mol. The topological polar surface area (TPSA) is 67.8 Å². The van der Waals surface area contributed by atoms with Gasteiger partial charge in [0.1, 0.15) is 24.2 Å². The molecule has 3 aromatic heterocycles. The van der Waals surface area contributed by atoms with Crippen LogP contribution in [0, 0.1) is 25.5 Å². The van der Waals surface area contributed by atoms with Gasteiger partial charge in [-0.05, 0) is 57.4 Å². The summed E-state index contributed by atoms with van der Waals surface area (Å²) in [6.07, 6.45) is 2.12. The van der Waals surface area contributed by atoms with Gasteiger partial charge >= 0.3 is 0 Å². The number of hydrogen-bond acceptors (Lipinski definition) is 5. The third kappa shape index (κ3) is 4.58. The Bertz CT molecular complexity index is 1420. The van der Waals surface area contributed by atoms with E-state index in [4.69, 9.17) is 0 Å². The van der Waals surface area contributed by atoms with Gasteiger partial charge < -0.3 is 9.88 Å². The lowest BCUT2D eigenvalue weighted by molar-refractivity contribution is 0.587. The lowest BCUT2D eigenvalue weighted by Gasteiger charge is -2.22. The third-order valence-electron chi connectivity index (χ3n) is 5.98. The summed E-state index contributed by atoms with van der Waals surface area (Å²) in [5.74, 6) is -0.814. The quantitative estimate of drug-likeness (QED) is 0.324. The predicted molar refractivity (Wildman–Crippen MR) is 134 cm³/mol. The average Bonchev–Trinajstić information content (AvgIpc) is 2.80. The van der Waals surface area contributed by atoms with Crippen molar-refractivity contribution in [1.82, 2.24) is 15.0 Å². The van der Waals surface area contributed by atoms with Crippen molar-refractivity contribution in [3.05, 3.63) is 77.1 Å². The van der Waals surface area contributed by atoms with Crippen molar-refractivity contribution in [2.45, 2.75) is 33.2 Å². The third-order valence-corrected chi connectivity index (χ3v) is 7.35. The number of hydrogen-bond donors (Lipinski definition) is 1. The number of aromatic nitrogens is 3. The Hall–Kier alpha value is -3.18. The normalized spacial score (nSPS) is 12.7. The largest absolute Gasteiger partial charge is 0.376 e. The first-order valence-corrected chi connectivity index (χ1v) is 13.7. The van der Waals surface area contributed by atoms with E-state index in [0.717, 1.165) is 11.3 Å². The summed E-state index contributed by atoms with van der Waals surface area (Å²) in [5, 5.41) is 3.45. The predicted octanol–water partition coefficient (Wildman–Crippen LogP) is 6.40. The summed E-state index contributed by atoms with van der Waals surface area (Å²) in [6.45, 7) is 9.02. The molecule has 0 unspecified atom stereocenters. The molecule has 0 spiro atoms. The first kappa shape index (κ1) is 24.0. The maximum Gasteiger partial charge on any atom is 0.151 e. The summed E-state index contributed by atoms with van der Waals surface area (Å²) in [5.41, 5.74) is 4.82. The minimum absolute atomic E-state index is 0.126. The number of benzene rings is 1. The Labute approximate surface area is 198 Å². The smallest absolute Gasteiger partial charge is 0.151 e. The molecule has 4 aromatic rings. The zero-order valence-corrected chi connectivity index (χ0v) is 20.8. The number of halogens is 2. The van der Waals surface area contributed by atoms with Crippen LogP contribution >= 0.6 is 7.14 Å². The van der Waals surface area contributed by atoms with Gasteiger partial charge in [0.15, 0.2) is 5.82 Å². The number of nitrogens with zero attached hydrogens (tertiary/aromatic N) is 3. The van der Waals surface area contributed by atoms with Gasteiger partial charge in [-0.1, -0.05) is 25.1 Å². The molecule has 1 atom stereocenters. The molecule has 176 valence electrons. The van der Waals surface area contributed by atoms with Gasteiger partial charge in [-0.3, -0.25) is 9.97 Å². The fourth-order valence-corrected chi connectivity index (χ4v) is 4.70. The van der Waals surface area contributed by atoms with E-state index in [1.54, 1.807) is 43.7 Å². The standard InChI is InChI=1S/C26H27F2N4OP/c1-6-21(18-9-7-8-10-19(18)27)31-24-15(2)16(3)30-22-13-20(28)25(32-26(22)24)17-11-12-23(29-14-17)34(4,5)33/h7-14,21H,6H2,1-5H3,(H,30,31)/t21-/m1/s1. The van der Waals surface area contributed by atoms with Gasteiger partial charge in [0.2, 0.25) is 0 Å². The molecular formula is C26H27F2N4OP. The van der Waals surface area contributed by atoms with Gasteiger partial charge in [-0.25, -0.2) is 13.8 Å². The van der Waals surface area contributed by atoms with E-state index < -0.39 is 13.0 Å². The zero-order valence-electron chi connectivity index (χ0n) is 19.9. The maximum atomic E-state index is 15.1. The van der Waals surface area contributed by atoms with Crippen molar-refractivity contribution in [3.8, 4) is 11.3 Å². The lowest BCUT2D eigenvalue weighted by Crippen LogP contribution is -2.14. The molecule has 0 aliphatic rings. The summed E-state index contributed by atoms with van der Waals surface area (Å²) in [6, 6.07) is 11.0. The monoisotopic (exact) mass is 480 g/mol. The van der Waals surface area contributed by atoms with Crippen molar-refractivity contribution >= 4 is 29.3 Å². The Kier molecular flexibility index (Phi) is 6.50. The highest BCUT2D eigenvalue weighted by atomic mass is 31.2. The van der Waals surface area contributed by atoms with Crippen LogP contribution in [0.2, 0.25) is 0 Å². The highest BCUT2D eigenvalue weighted by Gasteiger charge is 2.21. The van der Waals surface area contributed by atoms with Gasteiger partial charge in [-0.2, -0.15) is 0 Å². The number of aryl methyl sites for hydroxylation is 1. The second-order valence-corrected chi connectivity index (χ2v) is 11.9. The zero-order chi connectivity index (χ0) is 24.6. The second kappa shape index (κ2) is 9.22. The molecule has 0 aliphatic heterocycles. The fraction of sp³-hybridized carbons (Fsp3) is 0.269. The Morgan fingerprint density at radius 2 is 1.76 bits per heavy atom. The van der Waals surface area contributed by atoms with Gasteiger partial charge in [0, 0.05) is 29.1 Å². The highest BCUT2D eigenvalue weighted by molar-refractivity contribution is 7.69. The van der Waals surface area contributed by atoms with E-state index in [-0.39, 0.29) is 17.6 Å². The Morgan fingerprint density at radius 3 is 2.38 bits per heavy atom. The van der Waals surface area contributed by atoms with Crippen molar-refractivity contribution in [2.75, 3.05) is 18.6 Å². The van der Waals surface area contributed by atoms with E-state index in [2.05, 4.69) is 20.3 Å². The van der Waals surface area contributed by atoms with Gasteiger partial charge in [0.25, 0.3) is 0 Å². The van der Waals surface area contributed by atoms with Crippen LogP contribution in [0.4, 0.5) is 14.5 Å².